The molecule has 6 nitrogen and oxygen atoms in total. The van der Waals surface area contributed by atoms with E-state index in [1.807, 2.05) is 6.07 Å². The van der Waals surface area contributed by atoms with Crippen molar-refractivity contribution in [3.63, 3.8) is 0 Å². The van der Waals surface area contributed by atoms with E-state index in [1.165, 1.54) is 12.1 Å². The molecule has 0 aliphatic rings. The van der Waals surface area contributed by atoms with Gasteiger partial charge in [-0.15, -0.1) is 10.2 Å². The number of pyridine rings is 1. The summed E-state index contributed by atoms with van der Waals surface area (Å²) < 4.78 is 1.73. The molecule has 0 aliphatic heterocycles. The van der Waals surface area contributed by atoms with Crippen LogP contribution in [-0.2, 0) is 6.42 Å². The Morgan fingerprint density at radius 2 is 2.05 bits per heavy atom. The normalized spacial score (nSPS) is 10.8. The third-order valence-corrected chi connectivity index (χ3v) is 3.00. The van der Waals surface area contributed by atoms with E-state index in [0.29, 0.717) is 17.9 Å². The van der Waals surface area contributed by atoms with E-state index in [2.05, 4.69) is 10.2 Å². The first-order valence-electron chi connectivity index (χ1n) is 5.98. The summed E-state index contributed by atoms with van der Waals surface area (Å²) in [5.41, 5.74) is 1.57. The number of aromatic nitrogens is 3. The molecule has 2 aromatic heterocycles. The van der Waals surface area contributed by atoms with Crippen LogP contribution in [0.2, 0.25) is 0 Å². The molecule has 0 atom stereocenters. The van der Waals surface area contributed by atoms with Gasteiger partial charge in [0.05, 0.1) is 5.56 Å². The Kier molecular flexibility index (Phi) is 2.83. The number of aromatic carboxylic acids is 1. The summed E-state index contributed by atoms with van der Waals surface area (Å²) in [5.74, 6) is -0.114. The maximum atomic E-state index is 10.9. The number of nitrogens with zero attached hydrogens (tertiary/aromatic N) is 3. The minimum absolute atomic E-state index is 0.175. The summed E-state index contributed by atoms with van der Waals surface area (Å²) in [7, 11) is 0. The molecular weight excluding hydrogens is 258 g/mol. The molecule has 20 heavy (non-hydrogen) atoms. The van der Waals surface area contributed by atoms with Gasteiger partial charge in [0.1, 0.15) is 11.6 Å². The first kappa shape index (κ1) is 12.2. The number of fused-ring (bicyclic) bond motifs is 1. The van der Waals surface area contributed by atoms with Crippen molar-refractivity contribution in [3.05, 3.63) is 59.5 Å². The first-order valence-corrected chi connectivity index (χ1v) is 5.98. The Morgan fingerprint density at radius 1 is 1.20 bits per heavy atom. The summed E-state index contributed by atoms with van der Waals surface area (Å²) >= 11 is 0. The van der Waals surface area contributed by atoms with E-state index in [1.54, 1.807) is 28.8 Å². The van der Waals surface area contributed by atoms with Crippen LogP contribution in [0.15, 0.2) is 42.6 Å². The number of phenols is 1. The summed E-state index contributed by atoms with van der Waals surface area (Å²) in [6, 6.07) is 9.88. The molecule has 1 aromatic carbocycles. The van der Waals surface area contributed by atoms with Crippen LogP contribution in [0.25, 0.3) is 5.65 Å². The molecule has 2 heterocycles. The van der Waals surface area contributed by atoms with Crippen molar-refractivity contribution in [1.82, 2.24) is 14.6 Å². The van der Waals surface area contributed by atoms with Gasteiger partial charge < -0.3 is 10.2 Å². The zero-order valence-electron chi connectivity index (χ0n) is 10.4. The summed E-state index contributed by atoms with van der Waals surface area (Å²) in [4.78, 5) is 10.9. The Morgan fingerprint density at radius 3 is 2.80 bits per heavy atom. The minimum Gasteiger partial charge on any atom is -0.508 e. The van der Waals surface area contributed by atoms with E-state index in [-0.39, 0.29) is 11.3 Å². The molecule has 100 valence electrons. The standard InChI is InChI=1S/C14H11N3O3/c18-11-3-1-2-9(6-11)7-12-15-16-13-8-10(14(19)20)4-5-17(12)13/h1-6,8,18H,7H2,(H,19,20). The van der Waals surface area contributed by atoms with Gasteiger partial charge in [0.25, 0.3) is 0 Å². The average molecular weight is 269 g/mol. The quantitative estimate of drug-likeness (QED) is 0.756. The lowest BCUT2D eigenvalue weighted by Gasteiger charge is -2.02. The Bertz CT molecular complexity index is 795. The number of benzene rings is 1. The molecule has 0 fully saturated rings. The van der Waals surface area contributed by atoms with E-state index in [9.17, 15) is 9.90 Å². The van der Waals surface area contributed by atoms with Gasteiger partial charge in [-0.3, -0.25) is 4.40 Å². The van der Waals surface area contributed by atoms with Gasteiger partial charge in [0.2, 0.25) is 0 Å². The lowest BCUT2D eigenvalue weighted by Crippen LogP contribution is -2.00. The predicted molar refractivity (Wildman–Crippen MR) is 70.9 cm³/mol. The number of rotatable bonds is 3. The third kappa shape index (κ3) is 2.18. The monoisotopic (exact) mass is 269 g/mol. The number of hydrogen-bond acceptors (Lipinski definition) is 4. The van der Waals surface area contributed by atoms with Crippen LogP contribution < -0.4 is 0 Å². The molecule has 6 heteroatoms. The second-order valence-electron chi connectivity index (χ2n) is 4.41. The van der Waals surface area contributed by atoms with E-state index < -0.39 is 5.97 Å². The lowest BCUT2D eigenvalue weighted by atomic mass is 10.1. The SMILES string of the molecule is O=C(O)c1ccn2c(Cc3cccc(O)c3)nnc2c1. The lowest BCUT2D eigenvalue weighted by molar-refractivity contribution is 0.0697. The van der Waals surface area contributed by atoms with Gasteiger partial charge in [-0.25, -0.2) is 4.79 Å². The summed E-state index contributed by atoms with van der Waals surface area (Å²) in [5, 5.41) is 26.4. The molecule has 0 spiro atoms. The number of carbonyl (C=O) groups is 1. The molecule has 3 aromatic rings. The number of hydrogen-bond donors (Lipinski definition) is 2. The van der Waals surface area contributed by atoms with Crippen LogP contribution in [0, 0.1) is 0 Å². The smallest absolute Gasteiger partial charge is 0.335 e. The van der Waals surface area contributed by atoms with Gasteiger partial charge in [-0.05, 0) is 29.8 Å². The molecule has 0 saturated carbocycles. The van der Waals surface area contributed by atoms with Gasteiger partial charge in [0, 0.05) is 12.6 Å². The number of aromatic hydroxyl groups is 1. The third-order valence-electron chi connectivity index (χ3n) is 3.00. The van der Waals surface area contributed by atoms with Gasteiger partial charge >= 0.3 is 5.97 Å². The van der Waals surface area contributed by atoms with Crippen molar-refractivity contribution in [1.29, 1.82) is 0 Å². The molecule has 2 N–H and O–H groups in total. The van der Waals surface area contributed by atoms with E-state index in [4.69, 9.17) is 5.11 Å². The maximum absolute atomic E-state index is 10.9. The number of phenolic OH excluding ortho intramolecular Hbond substituents is 1. The zero-order chi connectivity index (χ0) is 14.1. The highest BCUT2D eigenvalue weighted by Gasteiger charge is 2.10. The zero-order valence-corrected chi connectivity index (χ0v) is 10.4. The fourth-order valence-corrected chi connectivity index (χ4v) is 2.04. The van der Waals surface area contributed by atoms with Crippen LogP contribution >= 0.6 is 0 Å². The largest absolute Gasteiger partial charge is 0.508 e. The van der Waals surface area contributed by atoms with Gasteiger partial charge in [-0.2, -0.15) is 0 Å². The van der Waals surface area contributed by atoms with Crippen LogP contribution in [0.1, 0.15) is 21.7 Å². The molecule has 0 radical (unpaired) electrons. The fraction of sp³-hybridized carbons (Fsp3) is 0.0714. The van der Waals surface area contributed by atoms with Crippen molar-refractivity contribution in [2.24, 2.45) is 0 Å². The Labute approximate surface area is 113 Å². The molecule has 0 amide bonds. The van der Waals surface area contributed by atoms with Crippen molar-refractivity contribution >= 4 is 11.6 Å². The second kappa shape index (κ2) is 4.65. The number of carboxylic acids is 1. The average Bonchev–Trinajstić information content (AvgIpc) is 2.81. The van der Waals surface area contributed by atoms with Crippen LogP contribution in [-0.4, -0.2) is 30.8 Å². The molecule has 0 aliphatic carbocycles. The van der Waals surface area contributed by atoms with Crippen molar-refractivity contribution in [3.8, 4) is 5.75 Å². The highest BCUT2D eigenvalue weighted by atomic mass is 16.4. The van der Waals surface area contributed by atoms with Gasteiger partial charge in [0.15, 0.2) is 5.65 Å². The summed E-state index contributed by atoms with van der Waals surface area (Å²) in [6.07, 6.45) is 2.14. The fourth-order valence-electron chi connectivity index (χ4n) is 2.04. The molecular formula is C14H11N3O3. The van der Waals surface area contributed by atoms with Gasteiger partial charge in [-0.1, -0.05) is 12.1 Å². The summed E-state index contributed by atoms with van der Waals surface area (Å²) in [6.45, 7) is 0. The van der Waals surface area contributed by atoms with Crippen molar-refractivity contribution in [2.45, 2.75) is 6.42 Å². The highest BCUT2D eigenvalue weighted by Crippen LogP contribution is 2.15. The minimum atomic E-state index is -0.995. The van der Waals surface area contributed by atoms with Crippen LogP contribution in [0.5, 0.6) is 5.75 Å². The predicted octanol–water partition coefficient (Wildman–Crippen LogP) is 1.72. The Hall–Kier alpha value is -2.89. The molecule has 3 rings (SSSR count). The van der Waals surface area contributed by atoms with Crippen molar-refractivity contribution < 1.29 is 15.0 Å². The van der Waals surface area contributed by atoms with Crippen molar-refractivity contribution in [2.75, 3.05) is 0 Å². The second-order valence-corrected chi connectivity index (χ2v) is 4.41. The van der Waals surface area contributed by atoms with Crippen LogP contribution in [0.4, 0.5) is 0 Å². The molecule has 0 saturated heterocycles. The van der Waals surface area contributed by atoms with E-state index in [0.717, 1.165) is 5.56 Å². The van der Waals surface area contributed by atoms with Crippen LogP contribution in [0.3, 0.4) is 0 Å². The molecule has 0 unspecified atom stereocenters. The maximum Gasteiger partial charge on any atom is 0.335 e. The van der Waals surface area contributed by atoms with E-state index >= 15 is 0 Å². The number of carboxylic acid groups (broad SMARTS) is 1. The topological polar surface area (TPSA) is 87.7 Å². The Balaban J connectivity index is 1.98. The molecule has 0 bridgehead atoms. The highest BCUT2D eigenvalue weighted by molar-refractivity contribution is 5.88. The first-order chi connectivity index (χ1) is 9.63.